The highest BCUT2D eigenvalue weighted by Crippen LogP contribution is 2.18. The Kier molecular flexibility index (Phi) is 4.34. The summed E-state index contributed by atoms with van der Waals surface area (Å²) < 4.78 is 0. The number of carbonyl (C=O) groups excluding carboxylic acids is 1. The molecule has 0 radical (unpaired) electrons. The summed E-state index contributed by atoms with van der Waals surface area (Å²) in [5.41, 5.74) is 2.62. The van der Waals surface area contributed by atoms with Gasteiger partial charge in [-0.2, -0.15) is 4.80 Å². The van der Waals surface area contributed by atoms with E-state index in [-0.39, 0.29) is 12.5 Å². The second-order valence-corrected chi connectivity index (χ2v) is 5.45. The van der Waals surface area contributed by atoms with Gasteiger partial charge in [0.2, 0.25) is 11.7 Å². The lowest BCUT2D eigenvalue weighted by molar-refractivity contribution is -0.117. The topological polar surface area (TPSA) is 72.7 Å². The van der Waals surface area contributed by atoms with Crippen LogP contribution in [0, 0.1) is 6.92 Å². The smallest absolute Gasteiger partial charge is 0.248 e. The summed E-state index contributed by atoms with van der Waals surface area (Å²) in [5, 5.41) is 15.5. The van der Waals surface area contributed by atoms with E-state index in [1.807, 2.05) is 31.2 Å². The lowest BCUT2D eigenvalue weighted by atomic mass is 10.1. The summed E-state index contributed by atoms with van der Waals surface area (Å²) in [6.45, 7) is 1.96. The average Bonchev–Trinajstić information content (AvgIpc) is 2.98. The molecule has 23 heavy (non-hydrogen) atoms. The van der Waals surface area contributed by atoms with E-state index in [4.69, 9.17) is 11.6 Å². The monoisotopic (exact) mass is 327 g/mol. The van der Waals surface area contributed by atoms with Crippen molar-refractivity contribution in [2.45, 2.75) is 13.5 Å². The molecule has 0 unspecified atom stereocenters. The Morgan fingerprint density at radius 3 is 2.65 bits per heavy atom. The van der Waals surface area contributed by atoms with Gasteiger partial charge in [0.05, 0.1) is 0 Å². The van der Waals surface area contributed by atoms with Crippen LogP contribution in [-0.2, 0) is 11.3 Å². The third kappa shape index (κ3) is 3.73. The standard InChI is InChI=1S/C16H14ClN5O/c1-11-4-2-3-5-14(11)16-19-21-22(20-16)10-15(23)18-13-8-6-12(17)7-9-13/h2-9H,10H2,1H3,(H,18,23). The maximum absolute atomic E-state index is 12.0. The summed E-state index contributed by atoms with van der Waals surface area (Å²) >= 11 is 5.81. The number of aromatic nitrogens is 4. The van der Waals surface area contributed by atoms with Gasteiger partial charge in [-0.05, 0) is 42.0 Å². The Balaban J connectivity index is 1.68. The number of nitrogens with one attached hydrogen (secondary N) is 1. The van der Waals surface area contributed by atoms with E-state index in [0.717, 1.165) is 11.1 Å². The lowest BCUT2D eigenvalue weighted by Gasteiger charge is -2.04. The van der Waals surface area contributed by atoms with E-state index in [9.17, 15) is 4.79 Å². The van der Waals surface area contributed by atoms with Crippen LogP contribution in [0.4, 0.5) is 5.69 Å². The van der Waals surface area contributed by atoms with Crippen molar-refractivity contribution in [3.8, 4) is 11.4 Å². The van der Waals surface area contributed by atoms with Crippen LogP contribution in [0.1, 0.15) is 5.56 Å². The van der Waals surface area contributed by atoms with Crippen LogP contribution in [0.15, 0.2) is 48.5 Å². The van der Waals surface area contributed by atoms with Gasteiger partial charge in [-0.15, -0.1) is 10.2 Å². The minimum absolute atomic E-state index is 0.0124. The number of amides is 1. The second kappa shape index (κ2) is 6.58. The zero-order chi connectivity index (χ0) is 16.2. The maximum Gasteiger partial charge on any atom is 0.248 e. The van der Waals surface area contributed by atoms with Crippen LogP contribution in [0.2, 0.25) is 5.02 Å². The number of tetrazole rings is 1. The molecule has 7 heteroatoms. The summed E-state index contributed by atoms with van der Waals surface area (Å²) in [6.07, 6.45) is 0. The maximum atomic E-state index is 12.0. The summed E-state index contributed by atoms with van der Waals surface area (Å²) in [7, 11) is 0. The highest BCUT2D eigenvalue weighted by Gasteiger charge is 2.11. The van der Waals surface area contributed by atoms with Gasteiger partial charge in [-0.3, -0.25) is 4.79 Å². The molecule has 0 aliphatic carbocycles. The predicted octanol–water partition coefficient (Wildman–Crippen LogP) is 2.94. The number of anilines is 1. The molecular formula is C16H14ClN5O. The quantitative estimate of drug-likeness (QED) is 0.799. The summed E-state index contributed by atoms with van der Waals surface area (Å²) in [4.78, 5) is 13.3. The second-order valence-electron chi connectivity index (χ2n) is 5.01. The third-order valence-electron chi connectivity index (χ3n) is 3.25. The van der Waals surface area contributed by atoms with Crippen molar-refractivity contribution in [1.29, 1.82) is 0 Å². The molecule has 0 saturated carbocycles. The molecule has 2 aromatic carbocycles. The molecule has 116 valence electrons. The molecule has 0 saturated heterocycles. The van der Waals surface area contributed by atoms with Crippen LogP contribution in [0.25, 0.3) is 11.4 Å². The molecule has 1 N–H and O–H groups in total. The molecule has 1 heterocycles. The van der Waals surface area contributed by atoms with E-state index in [1.165, 1.54) is 4.80 Å². The SMILES string of the molecule is Cc1ccccc1-c1nnn(CC(=O)Nc2ccc(Cl)cc2)n1. The minimum atomic E-state index is -0.235. The van der Waals surface area contributed by atoms with Gasteiger partial charge < -0.3 is 5.32 Å². The van der Waals surface area contributed by atoms with Crippen molar-refractivity contribution < 1.29 is 4.79 Å². The number of benzene rings is 2. The van der Waals surface area contributed by atoms with Gasteiger partial charge in [0.1, 0.15) is 6.54 Å². The number of hydrogen-bond donors (Lipinski definition) is 1. The first-order valence-corrected chi connectivity index (χ1v) is 7.39. The largest absolute Gasteiger partial charge is 0.324 e. The zero-order valence-electron chi connectivity index (χ0n) is 12.4. The molecular weight excluding hydrogens is 314 g/mol. The van der Waals surface area contributed by atoms with Crippen molar-refractivity contribution >= 4 is 23.2 Å². The first-order valence-electron chi connectivity index (χ1n) is 7.01. The lowest BCUT2D eigenvalue weighted by Crippen LogP contribution is -2.20. The fourth-order valence-corrected chi connectivity index (χ4v) is 2.23. The number of hydrogen-bond acceptors (Lipinski definition) is 4. The van der Waals surface area contributed by atoms with Crippen molar-refractivity contribution in [2.75, 3.05) is 5.32 Å². The molecule has 6 nitrogen and oxygen atoms in total. The van der Waals surface area contributed by atoms with E-state index >= 15 is 0 Å². The Labute approximate surface area is 138 Å². The van der Waals surface area contributed by atoms with Crippen molar-refractivity contribution in [1.82, 2.24) is 20.2 Å². The molecule has 1 amide bonds. The van der Waals surface area contributed by atoms with E-state index < -0.39 is 0 Å². The summed E-state index contributed by atoms with van der Waals surface area (Å²) in [6, 6.07) is 14.6. The Morgan fingerprint density at radius 1 is 1.17 bits per heavy atom. The Hall–Kier alpha value is -2.73. The molecule has 0 atom stereocenters. The average molecular weight is 328 g/mol. The van der Waals surface area contributed by atoms with Crippen LogP contribution in [0.5, 0.6) is 0 Å². The predicted molar refractivity (Wildman–Crippen MR) is 88.1 cm³/mol. The van der Waals surface area contributed by atoms with Crippen molar-refractivity contribution in [3.05, 3.63) is 59.1 Å². The molecule has 3 aromatic rings. The van der Waals surface area contributed by atoms with E-state index in [2.05, 4.69) is 20.7 Å². The number of aryl methyl sites for hydroxylation is 1. The Bertz CT molecular complexity index is 828. The number of nitrogens with zero attached hydrogens (tertiary/aromatic N) is 4. The summed E-state index contributed by atoms with van der Waals surface area (Å²) in [5.74, 6) is 0.267. The molecule has 0 aliphatic rings. The zero-order valence-corrected chi connectivity index (χ0v) is 13.2. The van der Waals surface area contributed by atoms with Gasteiger partial charge >= 0.3 is 0 Å². The first kappa shape index (κ1) is 15.2. The van der Waals surface area contributed by atoms with Crippen LogP contribution in [0.3, 0.4) is 0 Å². The Morgan fingerprint density at radius 2 is 1.91 bits per heavy atom. The number of halogens is 1. The number of carbonyl (C=O) groups is 1. The molecule has 0 spiro atoms. The molecule has 0 aliphatic heterocycles. The molecule has 1 aromatic heterocycles. The van der Waals surface area contributed by atoms with Crippen LogP contribution >= 0.6 is 11.6 Å². The van der Waals surface area contributed by atoms with Gasteiger partial charge in [-0.25, -0.2) is 0 Å². The third-order valence-corrected chi connectivity index (χ3v) is 3.50. The van der Waals surface area contributed by atoms with Crippen LogP contribution in [-0.4, -0.2) is 26.1 Å². The normalized spacial score (nSPS) is 10.5. The minimum Gasteiger partial charge on any atom is -0.324 e. The number of rotatable bonds is 4. The highest BCUT2D eigenvalue weighted by molar-refractivity contribution is 6.30. The van der Waals surface area contributed by atoms with Crippen molar-refractivity contribution in [3.63, 3.8) is 0 Å². The first-order chi connectivity index (χ1) is 11.1. The van der Waals surface area contributed by atoms with E-state index in [1.54, 1.807) is 24.3 Å². The van der Waals surface area contributed by atoms with Crippen LogP contribution < -0.4 is 5.32 Å². The molecule has 0 bridgehead atoms. The van der Waals surface area contributed by atoms with Gasteiger partial charge in [0, 0.05) is 16.3 Å². The molecule has 3 rings (SSSR count). The van der Waals surface area contributed by atoms with Gasteiger partial charge in [-0.1, -0.05) is 35.9 Å². The van der Waals surface area contributed by atoms with Gasteiger partial charge in [0.15, 0.2) is 0 Å². The fourth-order valence-electron chi connectivity index (χ4n) is 2.10. The van der Waals surface area contributed by atoms with Gasteiger partial charge in [0.25, 0.3) is 0 Å². The fraction of sp³-hybridized carbons (Fsp3) is 0.125. The molecule has 0 fully saturated rings. The highest BCUT2D eigenvalue weighted by atomic mass is 35.5. The van der Waals surface area contributed by atoms with E-state index in [0.29, 0.717) is 16.5 Å². The van der Waals surface area contributed by atoms with Crippen molar-refractivity contribution in [2.24, 2.45) is 0 Å².